The maximum Gasteiger partial charge on any atom is 0.264 e. The van der Waals surface area contributed by atoms with Crippen LogP contribution in [-0.4, -0.2) is 34.4 Å². The minimum absolute atomic E-state index is 0.215. The van der Waals surface area contributed by atoms with Gasteiger partial charge in [0.1, 0.15) is 6.10 Å². The molecule has 1 aliphatic rings. The van der Waals surface area contributed by atoms with E-state index in [1.54, 1.807) is 12.3 Å². The molecule has 0 aliphatic carbocycles. The largest absolute Gasteiger partial charge is 0.474 e. The van der Waals surface area contributed by atoms with Gasteiger partial charge in [-0.3, -0.25) is 4.79 Å². The topological polar surface area (TPSA) is 79.9 Å². The lowest BCUT2D eigenvalue weighted by Gasteiger charge is -2.23. The Morgan fingerprint density at radius 3 is 2.65 bits per heavy atom. The molecular weight excluding hydrogens is 256 g/mol. The van der Waals surface area contributed by atoms with Crippen LogP contribution in [0.5, 0.6) is 5.88 Å². The molecule has 6 heteroatoms. The van der Waals surface area contributed by atoms with Crippen molar-refractivity contribution in [1.82, 2.24) is 20.5 Å². The summed E-state index contributed by atoms with van der Waals surface area (Å²) >= 11 is 0. The van der Waals surface area contributed by atoms with Crippen LogP contribution in [0.2, 0.25) is 0 Å². The Morgan fingerprint density at radius 1 is 1.15 bits per heavy atom. The van der Waals surface area contributed by atoms with Gasteiger partial charge in [0.25, 0.3) is 5.56 Å². The first-order valence-corrected chi connectivity index (χ1v) is 6.71. The summed E-state index contributed by atoms with van der Waals surface area (Å²) in [5, 5.41) is 9.67. The molecule has 0 radical (unpaired) electrons. The molecular formula is C14H16N4O2. The molecule has 104 valence electrons. The van der Waals surface area contributed by atoms with Crippen molar-refractivity contribution < 1.29 is 4.74 Å². The van der Waals surface area contributed by atoms with Gasteiger partial charge in [-0.25, -0.2) is 10.1 Å². The second-order valence-corrected chi connectivity index (χ2v) is 4.76. The van der Waals surface area contributed by atoms with E-state index >= 15 is 0 Å². The normalized spacial score (nSPS) is 16.0. The Morgan fingerprint density at radius 2 is 2.00 bits per heavy atom. The maximum absolute atomic E-state index is 11.0. The zero-order valence-electron chi connectivity index (χ0n) is 11.0. The molecule has 0 saturated carbocycles. The fraction of sp³-hybridized carbons (Fsp3) is 0.357. The predicted molar refractivity (Wildman–Crippen MR) is 74.6 cm³/mol. The van der Waals surface area contributed by atoms with Gasteiger partial charge in [-0.05, 0) is 38.1 Å². The monoisotopic (exact) mass is 272 g/mol. The van der Waals surface area contributed by atoms with Gasteiger partial charge in [-0.15, -0.1) is 0 Å². The van der Waals surface area contributed by atoms with Crippen molar-refractivity contribution in [3.63, 3.8) is 0 Å². The third kappa shape index (κ3) is 3.03. The molecule has 0 aromatic carbocycles. The molecule has 0 atom stereocenters. The van der Waals surface area contributed by atoms with Crippen molar-refractivity contribution in [2.45, 2.75) is 18.9 Å². The van der Waals surface area contributed by atoms with Crippen LogP contribution in [0.25, 0.3) is 11.3 Å². The van der Waals surface area contributed by atoms with Gasteiger partial charge in [0, 0.05) is 23.9 Å². The molecule has 3 heterocycles. The van der Waals surface area contributed by atoms with E-state index in [-0.39, 0.29) is 11.7 Å². The summed E-state index contributed by atoms with van der Waals surface area (Å²) in [4.78, 5) is 15.3. The number of H-pyrrole nitrogens is 1. The Bertz CT molecular complexity index is 597. The smallest absolute Gasteiger partial charge is 0.264 e. The molecule has 0 amide bonds. The molecule has 20 heavy (non-hydrogen) atoms. The fourth-order valence-corrected chi connectivity index (χ4v) is 2.19. The van der Waals surface area contributed by atoms with Crippen molar-refractivity contribution in [2.24, 2.45) is 0 Å². The van der Waals surface area contributed by atoms with E-state index in [0.29, 0.717) is 11.6 Å². The Kier molecular flexibility index (Phi) is 3.73. The Labute approximate surface area is 116 Å². The minimum Gasteiger partial charge on any atom is -0.474 e. The summed E-state index contributed by atoms with van der Waals surface area (Å²) in [5.41, 5.74) is 1.32. The molecule has 2 aromatic heterocycles. The van der Waals surface area contributed by atoms with E-state index in [4.69, 9.17) is 4.74 Å². The summed E-state index contributed by atoms with van der Waals surface area (Å²) in [6, 6.07) is 6.85. The molecule has 0 bridgehead atoms. The van der Waals surface area contributed by atoms with Crippen LogP contribution in [0.4, 0.5) is 0 Å². The van der Waals surface area contributed by atoms with Crippen molar-refractivity contribution in [1.29, 1.82) is 0 Å². The van der Waals surface area contributed by atoms with Crippen molar-refractivity contribution in [3.8, 4) is 17.1 Å². The fourth-order valence-electron chi connectivity index (χ4n) is 2.19. The van der Waals surface area contributed by atoms with E-state index in [9.17, 15) is 4.79 Å². The van der Waals surface area contributed by atoms with Crippen LogP contribution < -0.4 is 15.6 Å². The van der Waals surface area contributed by atoms with Gasteiger partial charge in [0.05, 0.1) is 5.69 Å². The second-order valence-electron chi connectivity index (χ2n) is 4.76. The Hall–Kier alpha value is -2.21. The lowest BCUT2D eigenvalue weighted by molar-refractivity contribution is 0.156. The number of piperidine rings is 1. The molecule has 6 nitrogen and oxygen atoms in total. The van der Waals surface area contributed by atoms with Gasteiger partial charge in [0.15, 0.2) is 0 Å². The number of aromatic amines is 1. The second kappa shape index (κ2) is 5.83. The molecule has 1 saturated heterocycles. The average molecular weight is 272 g/mol. The standard InChI is InChI=1S/C14H16N4O2/c19-13-3-2-12(17-18-13)10-1-4-14(16-9-10)20-11-5-7-15-8-6-11/h1-4,9,11,15H,5-8H2,(H,18,19). The van der Waals surface area contributed by atoms with Gasteiger partial charge in [-0.1, -0.05) is 0 Å². The number of pyridine rings is 1. The van der Waals surface area contributed by atoms with Gasteiger partial charge in [-0.2, -0.15) is 5.10 Å². The average Bonchev–Trinajstić information content (AvgIpc) is 2.50. The van der Waals surface area contributed by atoms with Gasteiger partial charge < -0.3 is 10.1 Å². The number of ether oxygens (including phenoxy) is 1. The highest BCUT2D eigenvalue weighted by molar-refractivity contribution is 5.57. The van der Waals surface area contributed by atoms with Crippen LogP contribution in [0.3, 0.4) is 0 Å². The summed E-state index contributed by atoms with van der Waals surface area (Å²) < 4.78 is 5.84. The number of hydrogen-bond acceptors (Lipinski definition) is 5. The number of nitrogens with one attached hydrogen (secondary N) is 2. The van der Waals surface area contributed by atoms with E-state index in [2.05, 4.69) is 20.5 Å². The number of rotatable bonds is 3. The summed E-state index contributed by atoms with van der Waals surface area (Å²) in [7, 11) is 0. The van der Waals surface area contributed by atoms with Crippen LogP contribution in [0.15, 0.2) is 35.3 Å². The van der Waals surface area contributed by atoms with Crippen molar-refractivity contribution in [3.05, 3.63) is 40.8 Å². The zero-order chi connectivity index (χ0) is 13.8. The first-order chi connectivity index (χ1) is 9.81. The first-order valence-electron chi connectivity index (χ1n) is 6.71. The quantitative estimate of drug-likeness (QED) is 0.870. The van der Waals surface area contributed by atoms with E-state index in [1.165, 1.54) is 6.07 Å². The SMILES string of the molecule is O=c1ccc(-c2ccc(OC3CCNCC3)nc2)n[nH]1. The Balaban J connectivity index is 1.70. The number of aromatic nitrogens is 3. The molecule has 2 aromatic rings. The van der Waals surface area contributed by atoms with Crippen LogP contribution in [0.1, 0.15) is 12.8 Å². The van der Waals surface area contributed by atoms with E-state index in [1.807, 2.05) is 12.1 Å². The number of hydrogen-bond donors (Lipinski definition) is 2. The van der Waals surface area contributed by atoms with E-state index < -0.39 is 0 Å². The summed E-state index contributed by atoms with van der Waals surface area (Å²) in [5.74, 6) is 0.630. The highest BCUT2D eigenvalue weighted by Gasteiger charge is 2.14. The molecule has 2 N–H and O–H groups in total. The van der Waals surface area contributed by atoms with Crippen LogP contribution in [0, 0.1) is 0 Å². The van der Waals surface area contributed by atoms with Gasteiger partial charge in [0.2, 0.25) is 5.88 Å². The van der Waals surface area contributed by atoms with Crippen LogP contribution in [-0.2, 0) is 0 Å². The van der Waals surface area contributed by atoms with Crippen molar-refractivity contribution >= 4 is 0 Å². The summed E-state index contributed by atoms with van der Waals surface area (Å²) in [6.45, 7) is 1.98. The van der Waals surface area contributed by atoms with Crippen molar-refractivity contribution in [2.75, 3.05) is 13.1 Å². The van der Waals surface area contributed by atoms with Gasteiger partial charge >= 0.3 is 0 Å². The highest BCUT2D eigenvalue weighted by atomic mass is 16.5. The minimum atomic E-state index is -0.215. The molecule has 0 unspecified atom stereocenters. The van der Waals surface area contributed by atoms with Crippen LogP contribution >= 0.6 is 0 Å². The first kappa shape index (κ1) is 12.8. The molecule has 1 aliphatic heterocycles. The molecule has 1 fully saturated rings. The molecule has 0 spiro atoms. The third-order valence-corrected chi connectivity index (χ3v) is 3.28. The lowest BCUT2D eigenvalue weighted by Crippen LogP contribution is -2.34. The zero-order valence-corrected chi connectivity index (χ0v) is 11.0. The molecule has 3 rings (SSSR count). The van der Waals surface area contributed by atoms with E-state index in [0.717, 1.165) is 31.5 Å². The number of nitrogens with zero attached hydrogens (tertiary/aromatic N) is 2. The predicted octanol–water partition coefficient (Wildman–Crippen LogP) is 0.963. The maximum atomic E-state index is 11.0. The summed E-state index contributed by atoms with van der Waals surface area (Å²) in [6.07, 6.45) is 3.95. The highest BCUT2D eigenvalue weighted by Crippen LogP contribution is 2.19. The lowest BCUT2D eigenvalue weighted by atomic mass is 10.1. The third-order valence-electron chi connectivity index (χ3n) is 3.28.